The van der Waals surface area contributed by atoms with Crippen molar-refractivity contribution in [2.75, 3.05) is 45.0 Å². The highest BCUT2D eigenvalue weighted by molar-refractivity contribution is 7.22. The van der Waals surface area contributed by atoms with Crippen LogP contribution in [0.3, 0.4) is 0 Å². The summed E-state index contributed by atoms with van der Waals surface area (Å²) in [6.07, 6.45) is 2.01. The van der Waals surface area contributed by atoms with Gasteiger partial charge < -0.3 is 19.1 Å². The van der Waals surface area contributed by atoms with Gasteiger partial charge in [-0.05, 0) is 52.9 Å². The Morgan fingerprint density at radius 2 is 1.81 bits per heavy atom. The van der Waals surface area contributed by atoms with E-state index in [2.05, 4.69) is 44.4 Å². The summed E-state index contributed by atoms with van der Waals surface area (Å²) in [5, 5.41) is 2.29. The Morgan fingerprint density at radius 3 is 2.65 bits per heavy atom. The molecule has 0 saturated carbocycles. The molecule has 0 unspecified atom stereocenters. The lowest BCUT2D eigenvalue weighted by molar-refractivity contribution is 0.0342. The largest absolute Gasteiger partial charge is 0.497 e. The summed E-state index contributed by atoms with van der Waals surface area (Å²) in [7, 11) is 1.67. The molecule has 4 heterocycles. The predicted octanol–water partition coefficient (Wildman–Crippen LogP) is 6.42. The predicted molar refractivity (Wildman–Crippen MR) is 152 cm³/mol. The zero-order valence-corrected chi connectivity index (χ0v) is 22.4. The fourth-order valence-electron chi connectivity index (χ4n) is 4.56. The molecular weight excluding hydrogens is 502 g/mol. The van der Waals surface area contributed by atoms with Crippen molar-refractivity contribution < 1.29 is 14.2 Å². The van der Waals surface area contributed by atoms with Gasteiger partial charge >= 0.3 is 0 Å². The molecule has 0 bridgehead atoms. The third-order valence-corrected chi connectivity index (χ3v) is 8.80. The Bertz CT molecular complexity index is 1370. The van der Waals surface area contributed by atoms with Crippen LogP contribution >= 0.6 is 22.7 Å². The van der Waals surface area contributed by atoms with E-state index in [9.17, 15) is 0 Å². The first-order valence-electron chi connectivity index (χ1n) is 12.4. The molecule has 1 fully saturated rings. The third kappa shape index (κ3) is 5.57. The SMILES string of the molecule is COc1ccc(COc2cccc(N3CN=Cc4sc(-c5cc(CN6CCOCC6)cs5)cc43)c2)cc1. The standard InChI is InChI=1S/C29H29N3O3S2/c1-33-24-7-5-21(6-8-24)18-35-25-4-2-3-23(14-25)32-20-30-16-29-26(32)15-28(37-29)27-13-22(19-36-27)17-31-9-11-34-12-10-31/h2-8,13-16,19H,9-12,17-18,20H2,1H3. The number of hydrogen-bond acceptors (Lipinski definition) is 8. The number of anilines is 2. The summed E-state index contributed by atoms with van der Waals surface area (Å²) in [5.41, 5.74) is 4.75. The molecule has 4 aromatic rings. The van der Waals surface area contributed by atoms with Crippen molar-refractivity contribution in [3.63, 3.8) is 0 Å². The second-order valence-corrected chi connectivity index (χ2v) is 11.1. The van der Waals surface area contributed by atoms with E-state index < -0.39 is 0 Å². The highest BCUT2D eigenvalue weighted by Crippen LogP contribution is 2.42. The average molecular weight is 532 g/mol. The van der Waals surface area contributed by atoms with Crippen LogP contribution in [0, 0.1) is 0 Å². The molecule has 1 saturated heterocycles. The summed E-state index contributed by atoms with van der Waals surface area (Å²) in [6.45, 7) is 5.76. The van der Waals surface area contributed by atoms with E-state index in [0.717, 1.165) is 55.6 Å². The van der Waals surface area contributed by atoms with Gasteiger partial charge in [0.05, 0.1) is 30.9 Å². The van der Waals surface area contributed by atoms with Gasteiger partial charge in [0.2, 0.25) is 0 Å². The number of rotatable bonds is 8. The van der Waals surface area contributed by atoms with Crippen molar-refractivity contribution >= 4 is 40.3 Å². The van der Waals surface area contributed by atoms with Crippen LogP contribution in [0.25, 0.3) is 9.75 Å². The second kappa shape index (κ2) is 11.1. The maximum atomic E-state index is 6.11. The van der Waals surface area contributed by atoms with Crippen molar-refractivity contribution in [2.45, 2.75) is 13.2 Å². The first kappa shape index (κ1) is 24.2. The molecule has 6 rings (SSSR count). The van der Waals surface area contributed by atoms with E-state index in [0.29, 0.717) is 13.3 Å². The summed E-state index contributed by atoms with van der Waals surface area (Å²) < 4.78 is 16.8. The Labute approximate surface area is 225 Å². The molecule has 0 N–H and O–H groups in total. The molecule has 2 aromatic carbocycles. The van der Waals surface area contributed by atoms with Crippen molar-refractivity contribution in [2.24, 2.45) is 4.99 Å². The Morgan fingerprint density at radius 1 is 0.946 bits per heavy atom. The fourth-order valence-corrected chi connectivity index (χ4v) is 6.61. The minimum atomic E-state index is 0.505. The van der Waals surface area contributed by atoms with Gasteiger partial charge in [0.1, 0.15) is 24.8 Å². The molecule has 8 heteroatoms. The summed E-state index contributed by atoms with van der Waals surface area (Å²) in [6, 6.07) is 20.9. The van der Waals surface area contributed by atoms with Crippen LogP contribution in [0.1, 0.15) is 16.0 Å². The summed E-state index contributed by atoms with van der Waals surface area (Å²) in [4.78, 5) is 13.2. The molecule has 6 nitrogen and oxygen atoms in total. The van der Waals surface area contributed by atoms with Crippen LogP contribution in [0.2, 0.25) is 0 Å². The van der Waals surface area contributed by atoms with Crippen LogP contribution in [0.15, 0.2) is 71.0 Å². The first-order chi connectivity index (χ1) is 18.2. The smallest absolute Gasteiger partial charge is 0.121 e. The van der Waals surface area contributed by atoms with Crippen LogP contribution in [-0.2, 0) is 17.9 Å². The van der Waals surface area contributed by atoms with Gasteiger partial charge in [0.25, 0.3) is 0 Å². The topological polar surface area (TPSA) is 46.5 Å². The van der Waals surface area contributed by atoms with Crippen LogP contribution in [-0.4, -0.2) is 51.2 Å². The Hall–Kier alpha value is -3.17. The number of methoxy groups -OCH3 is 1. The molecule has 2 aromatic heterocycles. The lowest BCUT2D eigenvalue weighted by Gasteiger charge is -2.26. The number of hydrogen-bond donors (Lipinski definition) is 0. The fraction of sp³-hybridized carbons (Fsp3) is 0.276. The van der Waals surface area contributed by atoms with E-state index in [1.165, 1.54) is 25.9 Å². The van der Waals surface area contributed by atoms with Gasteiger partial charge in [0, 0.05) is 47.4 Å². The number of thiophene rings is 2. The highest BCUT2D eigenvalue weighted by atomic mass is 32.1. The minimum Gasteiger partial charge on any atom is -0.497 e. The molecule has 2 aliphatic heterocycles. The maximum Gasteiger partial charge on any atom is 0.121 e. The summed E-state index contributed by atoms with van der Waals surface area (Å²) in [5.74, 6) is 1.68. The summed E-state index contributed by atoms with van der Waals surface area (Å²) >= 11 is 3.63. The van der Waals surface area contributed by atoms with Gasteiger partial charge in [-0.3, -0.25) is 9.89 Å². The zero-order valence-electron chi connectivity index (χ0n) is 20.8. The number of benzene rings is 2. The van der Waals surface area contributed by atoms with Crippen molar-refractivity contribution in [1.82, 2.24) is 4.90 Å². The van der Waals surface area contributed by atoms with E-state index in [1.54, 1.807) is 18.4 Å². The molecule has 0 radical (unpaired) electrons. The van der Waals surface area contributed by atoms with Gasteiger partial charge in [-0.15, -0.1) is 22.7 Å². The molecule has 0 atom stereocenters. The molecule has 2 aliphatic rings. The molecular formula is C29H29N3O3S2. The third-order valence-electron chi connectivity index (χ3n) is 6.56. The van der Waals surface area contributed by atoms with Gasteiger partial charge in [-0.1, -0.05) is 18.2 Å². The van der Waals surface area contributed by atoms with Gasteiger partial charge in [-0.2, -0.15) is 0 Å². The lowest BCUT2D eigenvalue weighted by atomic mass is 10.2. The van der Waals surface area contributed by atoms with Gasteiger partial charge in [0.15, 0.2) is 0 Å². The lowest BCUT2D eigenvalue weighted by Crippen LogP contribution is -2.35. The molecule has 0 amide bonds. The average Bonchev–Trinajstić information content (AvgIpc) is 3.60. The highest BCUT2D eigenvalue weighted by Gasteiger charge is 2.21. The normalized spacial score (nSPS) is 15.5. The van der Waals surface area contributed by atoms with Gasteiger partial charge in [-0.25, -0.2) is 0 Å². The molecule has 190 valence electrons. The van der Waals surface area contributed by atoms with E-state index in [1.807, 2.05) is 53.9 Å². The van der Waals surface area contributed by atoms with Crippen LogP contribution < -0.4 is 14.4 Å². The van der Waals surface area contributed by atoms with Crippen molar-refractivity contribution in [1.29, 1.82) is 0 Å². The van der Waals surface area contributed by atoms with Crippen LogP contribution in [0.5, 0.6) is 11.5 Å². The Balaban J connectivity index is 1.17. The second-order valence-electron chi connectivity index (χ2n) is 9.08. The number of ether oxygens (including phenoxy) is 3. The van der Waals surface area contributed by atoms with E-state index >= 15 is 0 Å². The van der Waals surface area contributed by atoms with E-state index in [4.69, 9.17) is 14.2 Å². The number of aliphatic imine (C=N–C) groups is 1. The van der Waals surface area contributed by atoms with Crippen LogP contribution in [0.4, 0.5) is 11.4 Å². The Kier molecular flexibility index (Phi) is 7.23. The molecule has 0 aliphatic carbocycles. The number of fused-ring (bicyclic) bond motifs is 1. The molecule has 0 spiro atoms. The number of morpholine rings is 1. The maximum absolute atomic E-state index is 6.11. The minimum absolute atomic E-state index is 0.505. The monoisotopic (exact) mass is 531 g/mol. The quantitative estimate of drug-likeness (QED) is 0.262. The molecule has 37 heavy (non-hydrogen) atoms. The zero-order chi connectivity index (χ0) is 25.0. The first-order valence-corrected chi connectivity index (χ1v) is 14.1. The van der Waals surface area contributed by atoms with E-state index in [-0.39, 0.29) is 0 Å². The van der Waals surface area contributed by atoms with Crippen molar-refractivity contribution in [3.8, 4) is 21.3 Å². The number of nitrogens with zero attached hydrogens (tertiary/aromatic N) is 3. The van der Waals surface area contributed by atoms with Crippen molar-refractivity contribution in [3.05, 3.63) is 82.0 Å².